The molecule has 59 heavy (non-hydrogen) atoms. The third-order valence-electron chi connectivity index (χ3n) is 9.19. The summed E-state index contributed by atoms with van der Waals surface area (Å²) in [5.74, 6) is -0.847. The molecule has 2 N–H and O–H groups in total. The van der Waals surface area contributed by atoms with Crippen molar-refractivity contribution in [2.24, 2.45) is 0 Å². The first kappa shape index (κ1) is 42.8. The molecule has 10 nitrogen and oxygen atoms in total. The van der Waals surface area contributed by atoms with Crippen molar-refractivity contribution in [2.75, 3.05) is 55.3 Å². The van der Waals surface area contributed by atoms with Crippen LogP contribution in [0.4, 0.5) is 37.7 Å². The maximum absolute atomic E-state index is 14.0. The van der Waals surface area contributed by atoms with Gasteiger partial charge in [0.2, 0.25) is 0 Å². The predicted molar refractivity (Wildman–Crippen MR) is 212 cm³/mol. The Bertz CT molecular complexity index is 2390. The van der Waals surface area contributed by atoms with E-state index in [-0.39, 0.29) is 55.1 Å². The highest BCUT2D eigenvalue weighted by molar-refractivity contribution is 7.99. The Hall–Kier alpha value is -5.75. The molecule has 1 aromatic heterocycles. The van der Waals surface area contributed by atoms with Crippen LogP contribution in [0.1, 0.15) is 38.8 Å². The Labute approximate surface area is 340 Å². The van der Waals surface area contributed by atoms with E-state index < -0.39 is 50.2 Å². The lowest BCUT2D eigenvalue weighted by Crippen LogP contribution is -2.48. The van der Waals surface area contributed by atoms with E-state index in [0.29, 0.717) is 35.4 Å². The zero-order chi connectivity index (χ0) is 42.4. The van der Waals surface area contributed by atoms with Crippen LogP contribution in [-0.2, 0) is 22.4 Å². The van der Waals surface area contributed by atoms with Gasteiger partial charge < -0.3 is 19.9 Å². The van der Waals surface area contributed by atoms with Crippen LogP contribution in [0.5, 0.6) is 5.75 Å². The molecule has 2 heterocycles. The van der Waals surface area contributed by atoms with Gasteiger partial charge in [-0.25, -0.2) is 13.1 Å². The number of amides is 2. The minimum atomic E-state index is -4.89. The minimum Gasteiger partial charge on any atom is -0.492 e. The van der Waals surface area contributed by atoms with Crippen molar-refractivity contribution in [1.82, 2.24) is 14.6 Å². The topological polar surface area (TPSA) is 121 Å². The normalized spacial score (nSPS) is 13.5. The maximum Gasteiger partial charge on any atom is 0.418 e. The fourth-order valence-corrected chi connectivity index (χ4v) is 8.06. The number of pyridine rings is 1. The number of hydrogen-bond donors (Lipinski definition) is 2. The molecule has 1 saturated heterocycles. The number of aromatic nitrogens is 1. The van der Waals surface area contributed by atoms with Crippen molar-refractivity contribution in [1.29, 1.82) is 0 Å². The Morgan fingerprint density at radius 1 is 0.797 bits per heavy atom. The Balaban J connectivity index is 1.07. The number of benzene rings is 4. The summed E-state index contributed by atoms with van der Waals surface area (Å²) in [5.41, 5.74) is -1.63. The summed E-state index contributed by atoms with van der Waals surface area (Å²) in [6.07, 6.45) is -6.79. The number of carbonyl (C=O) groups excluding carboxylic acids is 2. The molecule has 18 heteroatoms. The van der Waals surface area contributed by atoms with Gasteiger partial charge in [-0.05, 0) is 91.3 Å². The standard InChI is InChI=1S/C41H37F6N5O5S2/c1-2-57-33-23-30(25-48-26-33)28-20-29(22-31(21-28)40(42,43)44)39(54)52-17-15-51(16-18-52)32-10-8-27(9-11-32)38(53)50-59(55,56)35-12-13-37(36(24-35)41(45,46)47)49-14-19-58-34-6-4-3-5-7-34/h3-13,20-26,49H,2,14-19H2,1H3,(H,50,53). The third-order valence-corrected chi connectivity index (χ3v) is 11.5. The van der Waals surface area contributed by atoms with Gasteiger partial charge in [0.05, 0.1) is 28.8 Å². The molecule has 0 radical (unpaired) electrons. The van der Waals surface area contributed by atoms with Crippen LogP contribution >= 0.6 is 11.8 Å². The van der Waals surface area contributed by atoms with E-state index >= 15 is 0 Å². The summed E-state index contributed by atoms with van der Waals surface area (Å²) in [6.45, 7) is 3.15. The van der Waals surface area contributed by atoms with Gasteiger partial charge in [0.15, 0.2) is 0 Å². The average molecular weight is 858 g/mol. The summed E-state index contributed by atoms with van der Waals surface area (Å²) in [4.78, 5) is 34.1. The van der Waals surface area contributed by atoms with E-state index in [1.807, 2.05) is 40.0 Å². The number of halogens is 6. The molecule has 0 atom stereocenters. The summed E-state index contributed by atoms with van der Waals surface area (Å²) in [7, 11) is -4.72. The lowest BCUT2D eigenvalue weighted by atomic mass is 9.99. The van der Waals surface area contributed by atoms with Gasteiger partial charge in [-0.2, -0.15) is 26.3 Å². The number of alkyl halides is 6. The van der Waals surface area contributed by atoms with Crippen molar-refractivity contribution in [2.45, 2.75) is 29.1 Å². The van der Waals surface area contributed by atoms with Crippen LogP contribution in [0.2, 0.25) is 0 Å². The van der Waals surface area contributed by atoms with Crippen LogP contribution < -0.4 is 19.7 Å². The first-order chi connectivity index (χ1) is 28.0. The molecule has 0 bridgehead atoms. The smallest absolute Gasteiger partial charge is 0.418 e. The van der Waals surface area contributed by atoms with E-state index in [1.165, 1.54) is 47.3 Å². The van der Waals surface area contributed by atoms with Crippen LogP contribution in [0.3, 0.4) is 0 Å². The van der Waals surface area contributed by atoms with Crippen LogP contribution in [-0.4, -0.2) is 75.2 Å². The van der Waals surface area contributed by atoms with Crippen LogP contribution in [0.15, 0.2) is 119 Å². The van der Waals surface area contributed by atoms with Gasteiger partial charge in [-0.3, -0.25) is 14.6 Å². The fourth-order valence-electron chi connectivity index (χ4n) is 6.27. The van der Waals surface area contributed by atoms with Crippen LogP contribution in [0.25, 0.3) is 11.1 Å². The van der Waals surface area contributed by atoms with Gasteiger partial charge >= 0.3 is 12.4 Å². The molecule has 1 aliphatic rings. The van der Waals surface area contributed by atoms with Crippen molar-refractivity contribution in [3.05, 3.63) is 132 Å². The number of nitrogens with one attached hydrogen (secondary N) is 2. The van der Waals surface area contributed by atoms with E-state index in [1.54, 1.807) is 25.1 Å². The number of piperazine rings is 1. The number of nitrogens with zero attached hydrogens (tertiary/aromatic N) is 3. The van der Waals surface area contributed by atoms with E-state index in [2.05, 4.69) is 10.3 Å². The zero-order valence-corrected chi connectivity index (χ0v) is 32.9. The summed E-state index contributed by atoms with van der Waals surface area (Å²) in [6, 6.07) is 22.2. The van der Waals surface area contributed by atoms with Gasteiger partial charge in [0.25, 0.3) is 21.8 Å². The molecule has 1 fully saturated rings. The molecular weight excluding hydrogens is 821 g/mol. The van der Waals surface area contributed by atoms with Crippen molar-refractivity contribution in [3.8, 4) is 16.9 Å². The average Bonchev–Trinajstić information content (AvgIpc) is 3.22. The summed E-state index contributed by atoms with van der Waals surface area (Å²) < 4.78 is 117. The zero-order valence-electron chi connectivity index (χ0n) is 31.3. The third kappa shape index (κ3) is 10.9. The molecule has 0 saturated carbocycles. The monoisotopic (exact) mass is 857 g/mol. The molecular formula is C41H37F6N5O5S2. The highest BCUT2D eigenvalue weighted by atomic mass is 32.2. The Kier molecular flexibility index (Phi) is 13.1. The fraction of sp³-hybridized carbons (Fsp3) is 0.244. The van der Waals surface area contributed by atoms with Gasteiger partial charge in [-0.15, -0.1) is 11.8 Å². The second kappa shape index (κ2) is 18.0. The number of hydrogen-bond acceptors (Lipinski definition) is 9. The van der Waals surface area contributed by atoms with Crippen molar-refractivity contribution < 1.29 is 49.1 Å². The van der Waals surface area contributed by atoms with Gasteiger partial charge in [-0.1, -0.05) is 18.2 Å². The minimum absolute atomic E-state index is 0.0845. The molecule has 5 aromatic rings. The first-order valence-corrected chi connectivity index (χ1v) is 20.6. The largest absolute Gasteiger partial charge is 0.492 e. The molecule has 4 aromatic carbocycles. The van der Waals surface area contributed by atoms with Crippen molar-refractivity contribution >= 4 is 45.0 Å². The first-order valence-electron chi connectivity index (χ1n) is 18.2. The number of anilines is 2. The number of sulfonamides is 1. The lowest BCUT2D eigenvalue weighted by molar-refractivity contribution is -0.138. The van der Waals surface area contributed by atoms with E-state index in [0.717, 1.165) is 29.2 Å². The Morgan fingerprint density at radius 3 is 2.17 bits per heavy atom. The maximum atomic E-state index is 14.0. The molecule has 6 rings (SSSR count). The number of ether oxygens (including phenoxy) is 1. The van der Waals surface area contributed by atoms with E-state index in [9.17, 15) is 44.3 Å². The number of thioether (sulfide) groups is 1. The molecule has 1 aliphatic heterocycles. The van der Waals surface area contributed by atoms with Gasteiger partial charge in [0, 0.05) is 77.6 Å². The second-order valence-electron chi connectivity index (χ2n) is 13.2. The highest BCUT2D eigenvalue weighted by Crippen LogP contribution is 2.37. The van der Waals surface area contributed by atoms with Crippen molar-refractivity contribution in [3.63, 3.8) is 0 Å². The molecule has 0 spiro atoms. The quantitative estimate of drug-likeness (QED) is 0.0683. The molecule has 310 valence electrons. The molecule has 0 aliphatic carbocycles. The highest BCUT2D eigenvalue weighted by Gasteiger charge is 2.36. The SMILES string of the molecule is CCOc1cncc(-c2cc(C(=O)N3CCN(c4ccc(C(=O)NS(=O)(=O)c5ccc(NCCSc6ccccc6)c(C(F)(F)F)c5)cc4)CC3)cc(C(F)(F)F)c2)c1. The van der Waals surface area contributed by atoms with E-state index in [4.69, 9.17) is 4.74 Å². The van der Waals surface area contributed by atoms with Crippen LogP contribution in [0, 0.1) is 0 Å². The lowest BCUT2D eigenvalue weighted by Gasteiger charge is -2.36. The Morgan fingerprint density at radius 2 is 1.51 bits per heavy atom. The number of carbonyl (C=O) groups is 2. The second-order valence-corrected chi connectivity index (χ2v) is 16.0. The summed E-state index contributed by atoms with van der Waals surface area (Å²) in [5, 5.41) is 2.71. The number of rotatable bonds is 13. The van der Waals surface area contributed by atoms with Gasteiger partial charge in [0.1, 0.15) is 5.75 Å². The molecule has 2 amide bonds. The predicted octanol–water partition coefficient (Wildman–Crippen LogP) is 8.47. The summed E-state index contributed by atoms with van der Waals surface area (Å²) >= 11 is 1.44. The molecule has 0 unspecified atom stereocenters.